The SMILES string of the molecule is COC(=O)/C=C/c1cc(F)cc(N(C(=O)[C@@H]2C[C@@H]3CC[C@H]2C3)C(O)c2ccc(-c3ccc(N(C)C)cc3)cc2F)c1. The molecule has 1 unspecified atom stereocenters. The molecule has 6 nitrogen and oxygen atoms in total. The topological polar surface area (TPSA) is 70.1 Å². The van der Waals surface area contributed by atoms with Crippen molar-refractivity contribution in [2.75, 3.05) is 31.0 Å². The standard InChI is InChI=1S/C33H34F2N2O4/c1-36(2)26-10-7-22(8-11-26)23-9-12-28(30(35)18-23)32(39)37(33(40)29-17-20-4-6-24(29)14-20)27-16-21(15-25(34)19-27)5-13-31(38)41-3/h5,7-13,15-16,18-20,24,29,32,39H,4,6,14,17H2,1-3H3/b13-5+/t20-,24+,29-,32?/m1/s1. The highest BCUT2D eigenvalue weighted by Gasteiger charge is 2.46. The predicted octanol–water partition coefficient (Wildman–Crippen LogP) is 6.34. The Morgan fingerprint density at radius 1 is 0.951 bits per heavy atom. The molecule has 0 spiro atoms. The fourth-order valence-corrected chi connectivity index (χ4v) is 6.19. The average molecular weight is 561 g/mol. The number of aliphatic hydroxyl groups excluding tert-OH is 1. The zero-order valence-corrected chi connectivity index (χ0v) is 23.4. The number of halogens is 2. The number of methoxy groups -OCH3 is 1. The molecule has 41 heavy (non-hydrogen) atoms. The summed E-state index contributed by atoms with van der Waals surface area (Å²) in [5.74, 6) is -2.02. The Kier molecular flexibility index (Phi) is 8.22. The lowest BCUT2D eigenvalue weighted by Crippen LogP contribution is -2.41. The van der Waals surface area contributed by atoms with Gasteiger partial charge in [-0.25, -0.2) is 13.6 Å². The number of carbonyl (C=O) groups is 2. The second-order valence-electron chi connectivity index (χ2n) is 11.1. The first-order chi connectivity index (χ1) is 19.6. The summed E-state index contributed by atoms with van der Waals surface area (Å²) in [6.45, 7) is 0. The molecule has 2 bridgehead atoms. The number of amides is 1. The van der Waals surface area contributed by atoms with Gasteiger partial charge < -0.3 is 14.7 Å². The van der Waals surface area contributed by atoms with Crippen LogP contribution in [-0.2, 0) is 14.3 Å². The maximum atomic E-state index is 15.6. The monoisotopic (exact) mass is 560 g/mol. The number of rotatable bonds is 8. The number of esters is 1. The van der Waals surface area contributed by atoms with Gasteiger partial charge in [0.2, 0.25) is 5.91 Å². The lowest BCUT2D eigenvalue weighted by Gasteiger charge is -2.33. The first kappa shape index (κ1) is 28.5. The van der Waals surface area contributed by atoms with Crippen molar-refractivity contribution < 1.29 is 28.2 Å². The highest BCUT2D eigenvalue weighted by atomic mass is 19.1. The quantitative estimate of drug-likeness (QED) is 0.198. The summed E-state index contributed by atoms with van der Waals surface area (Å²) in [5.41, 5.74) is 2.71. The van der Waals surface area contributed by atoms with E-state index in [4.69, 9.17) is 0 Å². The molecule has 2 aliphatic carbocycles. The molecule has 5 rings (SSSR count). The van der Waals surface area contributed by atoms with Crippen LogP contribution in [0.5, 0.6) is 0 Å². The van der Waals surface area contributed by atoms with E-state index in [2.05, 4.69) is 4.74 Å². The Bertz CT molecular complexity index is 1470. The van der Waals surface area contributed by atoms with E-state index in [1.165, 1.54) is 37.5 Å². The van der Waals surface area contributed by atoms with Crippen molar-refractivity contribution in [2.45, 2.75) is 31.9 Å². The van der Waals surface area contributed by atoms with E-state index in [0.717, 1.165) is 47.6 Å². The summed E-state index contributed by atoms with van der Waals surface area (Å²) < 4.78 is 35.0. The molecule has 214 valence electrons. The molecule has 0 heterocycles. The van der Waals surface area contributed by atoms with Crippen LogP contribution in [0.2, 0.25) is 0 Å². The Labute approximate surface area is 238 Å². The molecule has 2 fully saturated rings. The number of aliphatic hydroxyl groups is 1. The van der Waals surface area contributed by atoms with Crippen molar-refractivity contribution in [3.63, 3.8) is 0 Å². The molecule has 4 atom stereocenters. The van der Waals surface area contributed by atoms with Crippen LogP contribution < -0.4 is 9.80 Å². The third-order valence-corrected chi connectivity index (χ3v) is 8.33. The number of nitrogens with zero attached hydrogens (tertiary/aromatic N) is 2. The Morgan fingerprint density at radius 3 is 2.29 bits per heavy atom. The predicted molar refractivity (Wildman–Crippen MR) is 155 cm³/mol. The van der Waals surface area contributed by atoms with E-state index >= 15 is 4.39 Å². The van der Waals surface area contributed by atoms with Crippen molar-refractivity contribution in [3.8, 4) is 11.1 Å². The van der Waals surface area contributed by atoms with Gasteiger partial charge in [0.05, 0.1) is 12.8 Å². The van der Waals surface area contributed by atoms with Gasteiger partial charge in [0.1, 0.15) is 11.6 Å². The number of ether oxygens (including phenoxy) is 1. The molecule has 8 heteroatoms. The number of hydrogen-bond donors (Lipinski definition) is 1. The van der Waals surface area contributed by atoms with Crippen molar-refractivity contribution in [3.05, 3.63) is 89.5 Å². The Morgan fingerprint density at radius 2 is 1.68 bits per heavy atom. The summed E-state index contributed by atoms with van der Waals surface area (Å²) >= 11 is 0. The highest BCUT2D eigenvalue weighted by Crippen LogP contribution is 2.50. The van der Waals surface area contributed by atoms with Gasteiger partial charge in [-0.1, -0.05) is 30.7 Å². The van der Waals surface area contributed by atoms with E-state index in [9.17, 15) is 19.1 Å². The zero-order chi connectivity index (χ0) is 29.3. The lowest BCUT2D eigenvalue weighted by atomic mass is 9.87. The first-order valence-electron chi connectivity index (χ1n) is 13.8. The van der Waals surface area contributed by atoms with E-state index < -0.39 is 23.8 Å². The van der Waals surface area contributed by atoms with E-state index in [-0.39, 0.29) is 29.0 Å². The fraction of sp³-hybridized carbons (Fsp3) is 0.333. The molecule has 1 N–H and O–H groups in total. The van der Waals surface area contributed by atoms with Crippen LogP contribution in [-0.4, -0.2) is 38.2 Å². The van der Waals surface area contributed by atoms with Crippen LogP contribution in [0.3, 0.4) is 0 Å². The summed E-state index contributed by atoms with van der Waals surface area (Å²) in [7, 11) is 5.10. The van der Waals surface area contributed by atoms with Gasteiger partial charge in [-0.15, -0.1) is 0 Å². The number of hydrogen-bond acceptors (Lipinski definition) is 5. The molecule has 0 saturated heterocycles. The molecule has 3 aromatic rings. The first-order valence-corrected chi connectivity index (χ1v) is 13.8. The van der Waals surface area contributed by atoms with Crippen LogP contribution in [0.15, 0.2) is 66.7 Å². The number of fused-ring (bicyclic) bond motifs is 2. The van der Waals surface area contributed by atoms with Gasteiger partial charge in [0, 0.05) is 37.3 Å². The smallest absolute Gasteiger partial charge is 0.330 e. The van der Waals surface area contributed by atoms with Crippen LogP contribution in [0.4, 0.5) is 20.2 Å². The van der Waals surface area contributed by atoms with Crippen molar-refractivity contribution in [1.82, 2.24) is 0 Å². The minimum absolute atomic E-state index is 0.0811. The average Bonchev–Trinajstić information content (AvgIpc) is 3.60. The maximum absolute atomic E-state index is 15.6. The summed E-state index contributed by atoms with van der Waals surface area (Å²) in [6, 6.07) is 16.0. The summed E-state index contributed by atoms with van der Waals surface area (Å²) in [5, 5.41) is 11.6. The van der Waals surface area contributed by atoms with Gasteiger partial charge in [-0.05, 0) is 90.3 Å². The molecule has 0 aromatic heterocycles. The minimum Gasteiger partial charge on any atom is -0.466 e. The molecule has 0 radical (unpaired) electrons. The second kappa shape index (κ2) is 11.8. The second-order valence-corrected chi connectivity index (χ2v) is 11.1. The minimum atomic E-state index is -1.69. The molecule has 2 aliphatic rings. The number of carbonyl (C=O) groups excluding carboxylic acids is 2. The third-order valence-electron chi connectivity index (χ3n) is 8.33. The van der Waals surface area contributed by atoms with Crippen molar-refractivity contribution >= 4 is 29.3 Å². The van der Waals surface area contributed by atoms with Crippen molar-refractivity contribution in [1.29, 1.82) is 0 Å². The summed E-state index contributed by atoms with van der Waals surface area (Å²) in [6.07, 6.45) is 4.46. The van der Waals surface area contributed by atoms with Gasteiger partial charge >= 0.3 is 5.97 Å². The van der Waals surface area contributed by atoms with Gasteiger partial charge in [0.15, 0.2) is 6.23 Å². The molecule has 3 aromatic carbocycles. The van der Waals surface area contributed by atoms with E-state index in [0.29, 0.717) is 23.5 Å². The normalized spacial score (nSPS) is 20.3. The van der Waals surface area contributed by atoms with Crippen LogP contribution in [0.25, 0.3) is 17.2 Å². The Balaban J connectivity index is 1.51. The number of anilines is 2. The van der Waals surface area contributed by atoms with Gasteiger partial charge in [-0.2, -0.15) is 0 Å². The molecule has 2 saturated carbocycles. The van der Waals surface area contributed by atoms with Gasteiger partial charge in [-0.3, -0.25) is 9.69 Å². The Hall–Kier alpha value is -4.04. The van der Waals surface area contributed by atoms with E-state index in [1.807, 2.05) is 43.3 Å². The zero-order valence-electron chi connectivity index (χ0n) is 23.4. The number of benzene rings is 3. The largest absolute Gasteiger partial charge is 0.466 e. The molecular formula is C33H34F2N2O4. The molecule has 1 amide bonds. The molecule has 0 aliphatic heterocycles. The maximum Gasteiger partial charge on any atom is 0.330 e. The highest BCUT2D eigenvalue weighted by molar-refractivity contribution is 5.96. The van der Waals surface area contributed by atoms with Crippen LogP contribution >= 0.6 is 0 Å². The lowest BCUT2D eigenvalue weighted by molar-refractivity contribution is -0.134. The van der Waals surface area contributed by atoms with E-state index in [1.54, 1.807) is 6.07 Å². The molecular weight excluding hydrogens is 526 g/mol. The van der Waals surface area contributed by atoms with Gasteiger partial charge in [0.25, 0.3) is 0 Å². The summed E-state index contributed by atoms with van der Waals surface area (Å²) in [4.78, 5) is 28.7. The van der Waals surface area contributed by atoms with Crippen LogP contribution in [0, 0.1) is 29.4 Å². The van der Waals surface area contributed by atoms with Crippen molar-refractivity contribution in [2.24, 2.45) is 17.8 Å². The van der Waals surface area contributed by atoms with Crippen LogP contribution in [0.1, 0.15) is 43.0 Å². The third kappa shape index (κ3) is 6.03. The fourth-order valence-electron chi connectivity index (χ4n) is 6.19.